The molecule has 72 valence electrons. The van der Waals surface area contributed by atoms with E-state index in [0.717, 1.165) is 18.6 Å². The molecule has 4 nitrogen and oxygen atoms in total. The number of fused-ring (bicyclic) bond motifs is 1. The van der Waals surface area contributed by atoms with Gasteiger partial charge in [-0.1, -0.05) is 23.3 Å². The Labute approximate surface area is 82.1 Å². The molecule has 0 radical (unpaired) electrons. The van der Waals surface area contributed by atoms with Crippen molar-refractivity contribution >= 4 is 0 Å². The van der Waals surface area contributed by atoms with Gasteiger partial charge in [-0.25, -0.2) is 0 Å². The first-order chi connectivity index (χ1) is 6.90. The molecule has 2 rings (SSSR count). The molecule has 1 unspecified atom stereocenters. The zero-order valence-electron chi connectivity index (χ0n) is 7.76. The third-order valence-corrected chi connectivity index (χ3v) is 2.35. The quantitative estimate of drug-likeness (QED) is 0.401. The van der Waals surface area contributed by atoms with Crippen molar-refractivity contribution in [3.8, 4) is 5.75 Å². The average Bonchev–Trinajstić information content (AvgIpc) is 2.26. The molecule has 4 heteroatoms. The number of hydrogen-bond donors (Lipinski definition) is 0. The minimum absolute atomic E-state index is 0.0424. The first-order valence-corrected chi connectivity index (χ1v) is 4.65. The number of benzene rings is 1. The molecular weight excluding hydrogens is 178 g/mol. The predicted octanol–water partition coefficient (Wildman–Crippen LogP) is 2.69. The number of ether oxygens (including phenoxy) is 1. The second-order valence-electron chi connectivity index (χ2n) is 3.30. The maximum Gasteiger partial charge on any atom is 0.122 e. The van der Waals surface area contributed by atoms with Crippen LogP contribution in [0, 0.1) is 0 Å². The molecule has 0 N–H and O–H groups in total. The lowest BCUT2D eigenvalue weighted by Crippen LogP contribution is -2.25. The normalized spacial score (nSPS) is 19.0. The first-order valence-electron chi connectivity index (χ1n) is 4.65. The molecule has 1 heterocycles. The Morgan fingerprint density at radius 2 is 2.36 bits per heavy atom. The van der Waals surface area contributed by atoms with Gasteiger partial charge in [-0.15, -0.1) is 0 Å². The standard InChI is InChI=1S/C10H11N3O/c11-13-12-7-9-6-5-8-3-1-2-4-10(8)14-9/h1-4,9H,5-7H2. The maximum absolute atomic E-state index is 8.19. The second kappa shape index (κ2) is 4.03. The summed E-state index contributed by atoms with van der Waals surface area (Å²) < 4.78 is 5.67. The summed E-state index contributed by atoms with van der Waals surface area (Å²) in [4.78, 5) is 2.73. The highest BCUT2D eigenvalue weighted by atomic mass is 16.5. The molecule has 0 spiro atoms. The van der Waals surface area contributed by atoms with Crippen LogP contribution in [0.2, 0.25) is 0 Å². The molecule has 0 aliphatic carbocycles. The lowest BCUT2D eigenvalue weighted by atomic mass is 10.0. The van der Waals surface area contributed by atoms with Crippen LogP contribution >= 0.6 is 0 Å². The van der Waals surface area contributed by atoms with E-state index in [1.807, 2.05) is 18.2 Å². The zero-order valence-corrected chi connectivity index (χ0v) is 7.76. The SMILES string of the molecule is [N-]=[N+]=NCC1CCc2ccccc2O1. The highest BCUT2D eigenvalue weighted by Crippen LogP contribution is 2.26. The summed E-state index contributed by atoms with van der Waals surface area (Å²) in [5.41, 5.74) is 9.44. The van der Waals surface area contributed by atoms with Crippen molar-refractivity contribution in [1.29, 1.82) is 0 Å². The number of hydrogen-bond acceptors (Lipinski definition) is 2. The van der Waals surface area contributed by atoms with Gasteiger partial charge in [-0.2, -0.15) is 0 Å². The minimum Gasteiger partial charge on any atom is -0.490 e. The molecule has 0 amide bonds. The molecule has 1 aromatic rings. The summed E-state index contributed by atoms with van der Waals surface area (Å²) in [6.07, 6.45) is 1.97. The summed E-state index contributed by atoms with van der Waals surface area (Å²) in [6.45, 7) is 0.421. The summed E-state index contributed by atoms with van der Waals surface area (Å²) in [7, 11) is 0. The van der Waals surface area contributed by atoms with E-state index in [1.165, 1.54) is 5.56 Å². The number of aryl methyl sites for hydroxylation is 1. The van der Waals surface area contributed by atoms with Crippen molar-refractivity contribution in [2.24, 2.45) is 5.11 Å². The van der Waals surface area contributed by atoms with Crippen molar-refractivity contribution in [3.05, 3.63) is 40.3 Å². The molecule has 0 fully saturated rings. The fourth-order valence-corrected chi connectivity index (χ4v) is 1.64. The van der Waals surface area contributed by atoms with Gasteiger partial charge in [0.2, 0.25) is 0 Å². The largest absolute Gasteiger partial charge is 0.490 e. The third kappa shape index (κ3) is 1.80. The van der Waals surface area contributed by atoms with Gasteiger partial charge in [-0.3, -0.25) is 0 Å². The van der Waals surface area contributed by atoms with Crippen LogP contribution in [0.15, 0.2) is 29.4 Å². The van der Waals surface area contributed by atoms with Crippen molar-refractivity contribution in [3.63, 3.8) is 0 Å². The van der Waals surface area contributed by atoms with Crippen LogP contribution in [-0.2, 0) is 6.42 Å². The van der Waals surface area contributed by atoms with Crippen LogP contribution in [0.4, 0.5) is 0 Å². The number of para-hydroxylation sites is 1. The van der Waals surface area contributed by atoms with E-state index < -0.39 is 0 Å². The van der Waals surface area contributed by atoms with Crippen molar-refractivity contribution < 1.29 is 4.74 Å². The molecular formula is C10H11N3O. The number of nitrogens with zero attached hydrogens (tertiary/aromatic N) is 3. The Hall–Kier alpha value is -1.67. The lowest BCUT2D eigenvalue weighted by Gasteiger charge is -2.24. The van der Waals surface area contributed by atoms with Gasteiger partial charge in [0.15, 0.2) is 0 Å². The van der Waals surface area contributed by atoms with Crippen LogP contribution in [0.1, 0.15) is 12.0 Å². The Kier molecular flexibility index (Phi) is 2.56. The number of azide groups is 1. The predicted molar refractivity (Wildman–Crippen MR) is 53.2 cm³/mol. The van der Waals surface area contributed by atoms with E-state index in [4.69, 9.17) is 10.3 Å². The topological polar surface area (TPSA) is 58.0 Å². The molecule has 0 bridgehead atoms. The Morgan fingerprint density at radius 1 is 1.50 bits per heavy atom. The summed E-state index contributed by atoms with van der Waals surface area (Å²) in [5.74, 6) is 0.928. The molecule has 0 aromatic heterocycles. The van der Waals surface area contributed by atoms with Gasteiger partial charge < -0.3 is 4.74 Å². The Bertz CT molecular complexity index is 371. The lowest BCUT2D eigenvalue weighted by molar-refractivity contribution is 0.181. The van der Waals surface area contributed by atoms with Gasteiger partial charge in [0.25, 0.3) is 0 Å². The first kappa shape index (κ1) is 8.91. The third-order valence-electron chi connectivity index (χ3n) is 2.35. The summed E-state index contributed by atoms with van der Waals surface area (Å²) >= 11 is 0. The average molecular weight is 189 g/mol. The van der Waals surface area contributed by atoms with Crippen LogP contribution < -0.4 is 4.74 Å². The van der Waals surface area contributed by atoms with Crippen LogP contribution in [0.25, 0.3) is 10.4 Å². The molecule has 14 heavy (non-hydrogen) atoms. The van der Waals surface area contributed by atoms with Gasteiger partial charge >= 0.3 is 0 Å². The maximum atomic E-state index is 8.19. The molecule has 1 atom stereocenters. The molecule has 0 saturated heterocycles. The summed E-state index contributed by atoms with van der Waals surface area (Å²) in [6, 6.07) is 7.99. The Morgan fingerprint density at radius 3 is 3.21 bits per heavy atom. The Balaban J connectivity index is 2.09. The minimum atomic E-state index is 0.0424. The van der Waals surface area contributed by atoms with Crippen LogP contribution in [0.5, 0.6) is 5.75 Å². The highest BCUT2D eigenvalue weighted by molar-refractivity contribution is 5.35. The van der Waals surface area contributed by atoms with E-state index >= 15 is 0 Å². The van der Waals surface area contributed by atoms with Crippen molar-refractivity contribution in [2.45, 2.75) is 18.9 Å². The molecule has 1 aromatic carbocycles. The van der Waals surface area contributed by atoms with Gasteiger partial charge in [0, 0.05) is 4.91 Å². The fourth-order valence-electron chi connectivity index (χ4n) is 1.64. The zero-order chi connectivity index (χ0) is 9.80. The van der Waals surface area contributed by atoms with Gasteiger partial charge in [-0.05, 0) is 30.0 Å². The fraction of sp³-hybridized carbons (Fsp3) is 0.400. The summed E-state index contributed by atoms with van der Waals surface area (Å²) in [5, 5.41) is 3.52. The van der Waals surface area contributed by atoms with E-state index in [1.54, 1.807) is 0 Å². The van der Waals surface area contributed by atoms with Crippen LogP contribution in [0.3, 0.4) is 0 Å². The van der Waals surface area contributed by atoms with E-state index in [9.17, 15) is 0 Å². The highest BCUT2D eigenvalue weighted by Gasteiger charge is 2.17. The van der Waals surface area contributed by atoms with Crippen LogP contribution in [-0.4, -0.2) is 12.6 Å². The van der Waals surface area contributed by atoms with Gasteiger partial charge in [0.05, 0.1) is 6.54 Å². The van der Waals surface area contributed by atoms with E-state index in [0.29, 0.717) is 6.54 Å². The molecule has 1 aliphatic heterocycles. The van der Waals surface area contributed by atoms with Crippen molar-refractivity contribution in [2.75, 3.05) is 6.54 Å². The smallest absolute Gasteiger partial charge is 0.122 e. The van der Waals surface area contributed by atoms with Crippen molar-refractivity contribution in [1.82, 2.24) is 0 Å². The van der Waals surface area contributed by atoms with Gasteiger partial charge in [0.1, 0.15) is 11.9 Å². The number of rotatable bonds is 2. The molecule has 0 saturated carbocycles. The van der Waals surface area contributed by atoms with E-state index in [2.05, 4.69) is 16.1 Å². The monoisotopic (exact) mass is 189 g/mol. The van der Waals surface area contributed by atoms with E-state index in [-0.39, 0.29) is 6.10 Å². The molecule has 1 aliphatic rings. The second-order valence-corrected chi connectivity index (χ2v) is 3.30.